The standard InChI is InChI=1S/C15H24N2O2/c1-3-13(8-9-18)10-16-11-14-4-6-15(7-5-14)17-12(2)19/h4-7,13,16,18H,3,8-11H2,1-2H3,(H,17,19). The molecule has 106 valence electrons. The maximum absolute atomic E-state index is 10.9. The predicted molar refractivity (Wildman–Crippen MR) is 77.9 cm³/mol. The highest BCUT2D eigenvalue weighted by Gasteiger charge is 2.04. The number of hydrogen-bond donors (Lipinski definition) is 3. The van der Waals surface area contributed by atoms with Crippen LogP contribution in [0, 0.1) is 5.92 Å². The molecule has 0 aliphatic heterocycles. The molecule has 1 unspecified atom stereocenters. The Morgan fingerprint density at radius 1 is 1.32 bits per heavy atom. The van der Waals surface area contributed by atoms with E-state index in [1.807, 2.05) is 24.3 Å². The van der Waals surface area contributed by atoms with Crippen LogP contribution in [0.25, 0.3) is 0 Å². The van der Waals surface area contributed by atoms with Crippen LogP contribution in [0.5, 0.6) is 0 Å². The van der Waals surface area contributed by atoms with Gasteiger partial charge < -0.3 is 15.7 Å². The first-order valence-electron chi connectivity index (χ1n) is 6.83. The summed E-state index contributed by atoms with van der Waals surface area (Å²) in [5, 5.41) is 15.1. The van der Waals surface area contributed by atoms with Gasteiger partial charge in [-0.25, -0.2) is 0 Å². The first kappa shape index (κ1) is 15.7. The molecule has 1 amide bonds. The van der Waals surface area contributed by atoms with E-state index in [9.17, 15) is 4.79 Å². The number of aliphatic hydroxyl groups excluding tert-OH is 1. The summed E-state index contributed by atoms with van der Waals surface area (Å²) in [6.45, 7) is 5.63. The van der Waals surface area contributed by atoms with Gasteiger partial charge in [-0.2, -0.15) is 0 Å². The fourth-order valence-corrected chi connectivity index (χ4v) is 1.96. The minimum absolute atomic E-state index is 0.0549. The number of hydrogen-bond acceptors (Lipinski definition) is 3. The van der Waals surface area contributed by atoms with Crippen molar-refractivity contribution in [2.45, 2.75) is 33.2 Å². The van der Waals surface area contributed by atoms with Gasteiger partial charge in [0.15, 0.2) is 0 Å². The number of amides is 1. The second kappa shape index (κ2) is 8.67. The van der Waals surface area contributed by atoms with E-state index in [-0.39, 0.29) is 12.5 Å². The van der Waals surface area contributed by atoms with Gasteiger partial charge in [0.05, 0.1) is 0 Å². The summed E-state index contributed by atoms with van der Waals surface area (Å²) in [5.74, 6) is 0.476. The first-order valence-corrected chi connectivity index (χ1v) is 6.83. The maximum Gasteiger partial charge on any atom is 0.221 e. The van der Waals surface area contributed by atoms with Crippen LogP contribution in [0.4, 0.5) is 5.69 Å². The normalized spacial score (nSPS) is 12.2. The summed E-state index contributed by atoms with van der Waals surface area (Å²) in [6.07, 6.45) is 1.93. The van der Waals surface area contributed by atoms with E-state index in [0.29, 0.717) is 5.92 Å². The molecule has 0 saturated heterocycles. The van der Waals surface area contributed by atoms with Gasteiger partial charge in [-0.3, -0.25) is 4.79 Å². The van der Waals surface area contributed by atoms with Crippen molar-refractivity contribution in [1.29, 1.82) is 0 Å². The summed E-state index contributed by atoms with van der Waals surface area (Å²) < 4.78 is 0. The second-order valence-corrected chi connectivity index (χ2v) is 4.80. The first-order chi connectivity index (χ1) is 9.15. The summed E-state index contributed by atoms with van der Waals surface area (Å²) in [5.41, 5.74) is 2.01. The minimum atomic E-state index is -0.0549. The number of nitrogens with one attached hydrogen (secondary N) is 2. The van der Waals surface area contributed by atoms with Gasteiger partial charge >= 0.3 is 0 Å². The van der Waals surface area contributed by atoms with Gasteiger partial charge in [0.25, 0.3) is 0 Å². The van der Waals surface area contributed by atoms with E-state index < -0.39 is 0 Å². The zero-order valence-corrected chi connectivity index (χ0v) is 11.8. The minimum Gasteiger partial charge on any atom is -0.396 e. The Kier molecular flexibility index (Phi) is 7.15. The Bertz CT molecular complexity index is 376. The molecule has 0 saturated carbocycles. The average Bonchev–Trinajstić information content (AvgIpc) is 2.39. The highest BCUT2D eigenvalue weighted by molar-refractivity contribution is 5.88. The van der Waals surface area contributed by atoms with Gasteiger partial charge in [0.2, 0.25) is 5.91 Å². The van der Waals surface area contributed by atoms with Gasteiger partial charge in [-0.15, -0.1) is 0 Å². The molecule has 1 aromatic rings. The highest BCUT2D eigenvalue weighted by Crippen LogP contribution is 2.10. The zero-order chi connectivity index (χ0) is 14.1. The molecule has 1 aromatic carbocycles. The fraction of sp³-hybridized carbons (Fsp3) is 0.533. The Morgan fingerprint density at radius 3 is 2.53 bits per heavy atom. The predicted octanol–water partition coefficient (Wildman–Crippen LogP) is 2.14. The van der Waals surface area contributed by atoms with Crippen molar-refractivity contribution in [3.05, 3.63) is 29.8 Å². The van der Waals surface area contributed by atoms with Crippen LogP contribution < -0.4 is 10.6 Å². The number of rotatable bonds is 8. The quantitative estimate of drug-likeness (QED) is 0.674. The SMILES string of the molecule is CCC(CCO)CNCc1ccc(NC(C)=O)cc1. The molecule has 0 bridgehead atoms. The second-order valence-electron chi connectivity index (χ2n) is 4.80. The van der Waals surface area contributed by atoms with Crippen LogP contribution >= 0.6 is 0 Å². The Morgan fingerprint density at radius 2 is 2.00 bits per heavy atom. The van der Waals surface area contributed by atoms with Crippen molar-refractivity contribution in [2.24, 2.45) is 5.92 Å². The van der Waals surface area contributed by atoms with E-state index in [0.717, 1.165) is 31.6 Å². The van der Waals surface area contributed by atoms with Crippen molar-refractivity contribution in [1.82, 2.24) is 5.32 Å². The lowest BCUT2D eigenvalue weighted by atomic mass is 10.0. The van der Waals surface area contributed by atoms with Gasteiger partial charge in [-0.05, 0) is 36.6 Å². The Balaban J connectivity index is 2.35. The van der Waals surface area contributed by atoms with E-state index in [1.165, 1.54) is 12.5 Å². The molecule has 0 heterocycles. The molecule has 4 nitrogen and oxygen atoms in total. The smallest absolute Gasteiger partial charge is 0.221 e. The lowest BCUT2D eigenvalue weighted by Crippen LogP contribution is -2.22. The van der Waals surface area contributed by atoms with Crippen molar-refractivity contribution >= 4 is 11.6 Å². The average molecular weight is 264 g/mol. The van der Waals surface area contributed by atoms with E-state index in [2.05, 4.69) is 17.6 Å². The molecule has 0 spiro atoms. The van der Waals surface area contributed by atoms with Gasteiger partial charge in [-0.1, -0.05) is 25.5 Å². The molecule has 19 heavy (non-hydrogen) atoms. The maximum atomic E-state index is 10.9. The van der Waals surface area contributed by atoms with Crippen molar-refractivity contribution < 1.29 is 9.90 Å². The molecule has 0 radical (unpaired) electrons. The zero-order valence-electron chi connectivity index (χ0n) is 11.8. The van der Waals surface area contributed by atoms with Gasteiger partial charge in [0.1, 0.15) is 0 Å². The number of carbonyl (C=O) groups excluding carboxylic acids is 1. The van der Waals surface area contributed by atoms with Crippen LogP contribution in [-0.4, -0.2) is 24.2 Å². The Hall–Kier alpha value is -1.39. The number of anilines is 1. The third kappa shape index (κ3) is 6.36. The summed E-state index contributed by atoms with van der Waals surface area (Å²) >= 11 is 0. The van der Waals surface area contributed by atoms with E-state index >= 15 is 0 Å². The monoisotopic (exact) mass is 264 g/mol. The van der Waals surface area contributed by atoms with E-state index in [4.69, 9.17) is 5.11 Å². The number of benzene rings is 1. The lowest BCUT2D eigenvalue weighted by Gasteiger charge is -2.14. The van der Waals surface area contributed by atoms with Gasteiger partial charge in [0, 0.05) is 25.8 Å². The Labute approximate surface area is 115 Å². The summed E-state index contributed by atoms with van der Waals surface area (Å²) in [4.78, 5) is 10.9. The molecular formula is C15H24N2O2. The molecule has 0 aliphatic carbocycles. The van der Waals surface area contributed by atoms with Crippen molar-refractivity contribution in [2.75, 3.05) is 18.5 Å². The van der Waals surface area contributed by atoms with Crippen LogP contribution in [0.2, 0.25) is 0 Å². The lowest BCUT2D eigenvalue weighted by molar-refractivity contribution is -0.114. The summed E-state index contributed by atoms with van der Waals surface area (Å²) in [7, 11) is 0. The van der Waals surface area contributed by atoms with E-state index in [1.54, 1.807) is 0 Å². The molecule has 4 heteroatoms. The van der Waals surface area contributed by atoms with Crippen LogP contribution in [0.1, 0.15) is 32.3 Å². The number of carbonyl (C=O) groups is 1. The largest absolute Gasteiger partial charge is 0.396 e. The molecule has 1 atom stereocenters. The molecule has 0 aromatic heterocycles. The third-order valence-electron chi connectivity index (χ3n) is 3.15. The molecular weight excluding hydrogens is 240 g/mol. The number of aliphatic hydroxyl groups is 1. The molecule has 0 aliphatic rings. The topological polar surface area (TPSA) is 61.4 Å². The molecule has 0 fully saturated rings. The highest BCUT2D eigenvalue weighted by atomic mass is 16.3. The van der Waals surface area contributed by atoms with Crippen molar-refractivity contribution in [3.8, 4) is 0 Å². The van der Waals surface area contributed by atoms with Crippen LogP contribution in [0.15, 0.2) is 24.3 Å². The van der Waals surface area contributed by atoms with Crippen LogP contribution in [0.3, 0.4) is 0 Å². The molecule has 1 rings (SSSR count). The summed E-state index contributed by atoms with van der Waals surface area (Å²) in [6, 6.07) is 7.82. The van der Waals surface area contributed by atoms with Crippen LogP contribution in [-0.2, 0) is 11.3 Å². The molecule has 3 N–H and O–H groups in total. The third-order valence-corrected chi connectivity index (χ3v) is 3.15. The fourth-order valence-electron chi connectivity index (χ4n) is 1.96. The van der Waals surface area contributed by atoms with Crippen molar-refractivity contribution in [3.63, 3.8) is 0 Å².